The summed E-state index contributed by atoms with van der Waals surface area (Å²) in [6, 6.07) is 11.8. The Morgan fingerprint density at radius 3 is 2.64 bits per heavy atom. The first-order valence-electron chi connectivity index (χ1n) is 7.73. The molecule has 0 atom stereocenters. The van der Waals surface area contributed by atoms with E-state index in [-0.39, 0.29) is 0 Å². The maximum absolute atomic E-state index is 5.52. The van der Waals surface area contributed by atoms with Crippen LogP contribution in [0.2, 0.25) is 0 Å². The molecule has 1 aliphatic carbocycles. The molecule has 3 aromatic rings. The van der Waals surface area contributed by atoms with Gasteiger partial charge in [0.1, 0.15) is 11.5 Å². The summed E-state index contributed by atoms with van der Waals surface area (Å²) in [5, 5.41) is 0.758. The van der Waals surface area contributed by atoms with Crippen molar-refractivity contribution in [3.05, 3.63) is 56.9 Å². The van der Waals surface area contributed by atoms with E-state index in [4.69, 9.17) is 14.5 Å². The number of aromatic nitrogens is 1. The number of fused-ring (bicyclic) bond motifs is 3. The number of nitrogens with zero attached hydrogens (tertiary/aromatic N) is 2. The Balaban J connectivity index is 1.65. The Morgan fingerprint density at radius 1 is 1.12 bits per heavy atom. The Hall–Kier alpha value is -2.18. The lowest BCUT2D eigenvalue weighted by molar-refractivity contribution is 0.415. The van der Waals surface area contributed by atoms with Crippen LogP contribution in [0.25, 0.3) is 11.3 Å². The molecule has 0 unspecified atom stereocenters. The second kappa shape index (κ2) is 6.61. The molecule has 0 aliphatic heterocycles. The van der Waals surface area contributed by atoms with Crippen molar-refractivity contribution in [1.82, 2.24) is 4.98 Å². The summed E-state index contributed by atoms with van der Waals surface area (Å²) < 4.78 is 11.8. The summed E-state index contributed by atoms with van der Waals surface area (Å²) in [5.74, 6) is 1.69. The maximum Gasteiger partial charge on any atom is 0.209 e. The lowest BCUT2D eigenvalue weighted by Crippen LogP contribution is -1.90. The number of ether oxygens (including phenoxy) is 2. The van der Waals surface area contributed by atoms with Crippen molar-refractivity contribution in [2.75, 3.05) is 14.2 Å². The molecule has 126 valence electrons. The normalized spacial score (nSPS) is 12.3. The van der Waals surface area contributed by atoms with Crippen molar-refractivity contribution in [2.45, 2.75) is 6.42 Å². The van der Waals surface area contributed by atoms with E-state index in [1.807, 2.05) is 42.6 Å². The monoisotopic (exact) mass is 414 g/mol. The summed E-state index contributed by atoms with van der Waals surface area (Å²) in [5.41, 5.74) is 4.31. The summed E-state index contributed by atoms with van der Waals surface area (Å²) in [4.78, 5) is 10.5. The molecule has 0 bridgehead atoms. The Labute approximate surface area is 158 Å². The number of aliphatic imine (C=N–C) groups is 1. The van der Waals surface area contributed by atoms with Crippen molar-refractivity contribution in [2.24, 2.45) is 4.99 Å². The van der Waals surface area contributed by atoms with E-state index in [9.17, 15) is 0 Å². The summed E-state index contributed by atoms with van der Waals surface area (Å²) in [6.45, 7) is 0. The number of hydrogen-bond acceptors (Lipinski definition) is 5. The van der Waals surface area contributed by atoms with Crippen LogP contribution in [0.15, 0.2) is 45.9 Å². The van der Waals surface area contributed by atoms with Crippen molar-refractivity contribution in [1.29, 1.82) is 0 Å². The largest absolute Gasteiger partial charge is 0.497 e. The molecule has 1 heterocycles. The number of methoxy groups -OCH3 is 2. The van der Waals surface area contributed by atoms with Gasteiger partial charge in [-0.05, 0) is 47.5 Å². The summed E-state index contributed by atoms with van der Waals surface area (Å²) in [6.07, 6.45) is 2.69. The van der Waals surface area contributed by atoms with E-state index in [0.717, 1.165) is 44.3 Å². The molecule has 0 spiro atoms. The highest BCUT2D eigenvalue weighted by molar-refractivity contribution is 9.10. The molecular formula is C19H15BrN2O2S. The van der Waals surface area contributed by atoms with Crippen LogP contribution in [0.3, 0.4) is 0 Å². The molecule has 1 aliphatic rings. The minimum atomic E-state index is 0.758. The molecular weight excluding hydrogens is 400 g/mol. The molecule has 0 saturated carbocycles. The van der Waals surface area contributed by atoms with Gasteiger partial charge >= 0.3 is 0 Å². The van der Waals surface area contributed by atoms with E-state index in [2.05, 4.69) is 20.9 Å². The van der Waals surface area contributed by atoms with Gasteiger partial charge in [-0.2, -0.15) is 0 Å². The number of halogens is 1. The third-order valence-electron chi connectivity index (χ3n) is 4.14. The van der Waals surface area contributed by atoms with Gasteiger partial charge in [0, 0.05) is 27.5 Å². The SMILES string of the molecule is COc1ccc(C=Nc2nc3c(s2)Cc2c(Br)ccc(OC)c2-3)cc1. The average Bonchev–Trinajstić information content (AvgIpc) is 3.19. The smallest absolute Gasteiger partial charge is 0.209 e. The number of rotatable bonds is 4. The van der Waals surface area contributed by atoms with Gasteiger partial charge in [-0.3, -0.25) is 0 Å². The molecule has 4 nitrogen and oxygen atoms in total. The molecule has 4 rings (SSSR count). The van der Waals surface area contributed by atoms with Crippen LogP contribution in [0.4, 0.5) is 5.13 Å². The first-order valence-corrected chi connectivity index (χ1v) is 9.34. The minimum absolute atomic E-state index is 0.758. The van der Waals surface area contributed by atoms with Crippen molar-refractivity contribution < 1.29 is 9.47 Å². The molecule has 0 N–H and O–H groups in total. The van der Waals surface area contributed by atoms with Crippen molar-refractivity contribution >= 4 is 38.6 Å². The quantitative estimate of drug-likeness (QED) is 0.428. The van der Waals surface area contributed by atoms with E-state index < -0.39 is 0 Å². The van der Waals surface area contributed by atoms with Crippen LogP contribution >= 0.6 is 27.3 Å². The fourth-order valence-electron chi connectivity index (χ4n) is 2.89. The predicted octanol–water partition coefficient (Wildman–Crippen LogP) is 5.24. The molecule has 25 heavy (non-hydrogen) atoms. The molecule has 1 aromatic heterocycles. The van der Waals surface area contributed by atoms with Crippen molar-refractivity contribution in [3.8, 4) is 22.8 Å². The second-order valence-electron chi connectivity index (χ2n) is 5.58. The number of hydrogen-bond donors (Lipinski definition) is 0. The third-order valence-corrected chi connectivity index (χ3v) is 5.84. The van der Waals surface area contributed by atoms with Crippen molar-refractivity contribution in [3.63, 3.8) is 0 Å². The summed E-state index contributed by atoms with van der Waals surface area (Å²) in [7, 11) is 3.35. The zero-order valence-electron chi connectivity index (χ0n) is 13.7. The topological polar surface area (TPSA) is 43.7 Å². The van der Waals surface area contributed by atoms with Crippen LogP contribution in [0, 0.1) is 0 Å². The Morgan fingerprint density at radius 2 is 1.92 bits per heavy atom. The van der Waals surface area contributed by atoms with Gasteiger partial charge in [-0.25, -0.2) is 9.98 Å². The van der Waals surface area contributed by atoms with E-state index >= 15 is 0 Å². The molecule has 0 radical (unpaired) electrons. The zero-order chi connectivity index (χ0) is 17.4. The van der Waals surface area contributed by atoms with Gasteiger partial charge in [0.05, 0.1) is 19.9 Å². The van der Waals surface area contributed by atoms with E-state index in [0.29, 0.717) is 0 Å². The first kappa shape index (κ1) is 16.3. The van der Waals surface area contributed by atoms with Crippen LogP contribution in [0.1, 0.15) is 16.0 Å². The minimum Gasteiger partial charge on any atom is -0.497 e. The van der Waals surface area contributed by atoms with Crippen LogP contribution in [-0.2, 0) is 6.42 Å². The molecule has 0 saturated heterocycles. The molecule has 2 aromatic carbocycles. The highest BCUT2D eigenvalue weighted by Crippen LogP contribution is 2.48. The second-order valence-corrected chi connectivity index (χ2v) is 7.50. The van der Waals surface area contributed by atoms with Gasteiger partial charge in [-0.15, -0.1) is 0 Å². The van der Waals surface area contributed by atoms with Crippen LogP contribution in [0.5, 0.6) is 11.5 Å². The van der Waals surface area contributed by atoms with Gasteiger partial charge in [0.15, 0.2) is 0 Å². The standard InChI is InChI=1S/C19H15BrN2O2S/c1-23-12-5-3-11(4-6-12)10-21-19-22-18-16(25-19)9-13-14(20)7-8-15(24-2)17(13)18/h3-8,10H,9H2,1-2H3. The van der Waals surface area contributed by atoms with E-state index in [1.165, 1.54) is 10.4 Å². The first-order chi connectivity index (χ1) is 12.2. The molecule has 0 fully saturated rings. The average molecular weight is 415 g/mol. The third kappa shape index (κ3) is 2.96. The number of benzene rings is 2. The van der Waals surface area contributed by atoms with Gasteiger partial charge in [-0.1, -0.05) is 27.3 Å². The van der Waals surface area contributed by atoms with Crippen LogP contribution < -0.4 is 9.47 Å². The van der Waals surface area contributed by atoms with Crippen LogP contribution in [-0.4, -0.2) is 25.4 Å². The van der Waals surface area contributed by atoms with E-state index in [1.54, 1.807) is 25.6 Å². The lowest BCUT2D eigenvalue weighted by Gasteiger charge is -2.08. The molecule has 6 heteroatoms. The Bertz CT molecular complexity index is 964. The van der Waals surface area contributed by atoms with Gasteiger partial charge in [0.25, 0.3) is 0 Å². The summed E-state index contributed by atoms with van der Waals surface area (Å²) >= 11 is 5.25. The Kier molecular flexibility index (Phi) is 4.31. The van der Waals surface area contributed by atoms with Gasteiger partial charge in [0.2, 0.25) is 5.13 Å². The predicted molar refractivity (Wildman–Crippen MR) is 105 cm³/mol. The number of thiazole rings is 1. The lowest BCUT2D eigenvalue weighted by atomic mass is 10.1. The van der Waals surface area contributed by atoms with Gasteiger partial charge < -0.3 is 9.47 Å². The molecule has 0 amide bonds. The highest BCUT2D eigenvalue weighted by Gasteiger charge is 2.28. The fourth-order valence-corrected chi connectivity index (χ4v) is 4.29. The fraction of sp³-hybridized carbons (Fsp3) is 0.158. The highest BCUT2D eigenvalue weighted by atomic mass is 79.9. The zero-order valence-corrected chi connectivity index (χ0v) is 16.1. The maximum atomic E-state index is 5.52.